The van der Waals surface area contributed by atoms with Gasteiger partial charge in [0.25, 0.3) is 0 Å². The molecule has 0 fully saturated rings. The highest BCUT2D eigenvalue weighted by molar-refractivity contribution is 7.99. The molecular formula is C10H12N6O2S. The second-order valence-corrected chi connectivity index (χ2v) is 4.71. The van der Waals surface area contributed by atoms with E-state index >= 15 is 0 Å². The Morgan fingerprint density at radius 3 is 2.74 bits per heavy atom. The summed E-state index contributed by atoms with van der Waals surface area (Å²) in [6.45, 7) is 1.84. The standard InChI is InChI=1S/C10H12N6O2S/c1-5-4-6(13-9(11-2)12-5)19-10-14-7(17)8(18)15-16(10)3/h4H,1-3H3,(H,15,18)(H,11,12,13). The number of nitrogens with one attached hydrogen (secondary N) is 2. The van der Waals surface area contributed by atoms with Crippen molar-refractivity contribution in [3.05, 3.63) is 32.5 Å². The molecule has 0 atom stereocenters. The summed E-state index contributed by atoms with van der Waals surface area (Å²) in [7, 11) is 3.32. The molecule has 0 saturated carbocycles. The Kier molecular flexibility index (Phi) is 3.65. The van der Waals surface area contributed by atoms with Crippen molar-refractivity contribution in [3.8, 4) is 0 Å². The van der Waals surface area contributed by atoms with E-state index in [2.05, 4.69) is 25.4 Å². The summed E-state index contributed by atoms with van der Waals surface area (Å²) in [5, 5.41) is 6.21. The Morgan fingerprint density at radius 1 is 1.32 bits per heavy atom. The smallest absolute Gasteiger partial charge is 0.339 e. The van der Waals surface area contributed by atoms with Gasteiger partial charge in [-0.15, -0.1) is 0 Å². The number of aryl methyl sites for hydroxylation is 2. The van der Waals surface area contributed by atoms with Crippen LogP contribution in [0.3, 0.4) is 0 Å². The van der Waals surface area contributed by atoms with Gasteiger partial charge in [-0.25, -0.2) is 9.97 Å². The van der Waals surface area contributed by atoms with E-state index in [-0.39, 0.29) is 0 Å². The van der Waals surface area contributed by atoms with Crippen LogP contribution in [0.2, 0.25) is 0 Å². The molecule has 19 heavy (non-hydrogen) atoms. The van der Waals surface area contributed by atoms with Gasteiger partial charge in [0.2, 0.25) is 5.95 Å². The summed E-state index contributed by atoms with van der Waals surface area (Å²) in [5.74, 6) is 0.483. The second kappa shape index (κ2) is 5.22. The van der Waals surface area contributed by atoms with Crippen LogP contribution in [0.5, 0.6) is 0 Å². The Balaban J connectivity index is 2.41. The summed E-state index contributed by atoms with van der Waals surface area (Å²) in [6, 6.07) is 1.77. The van der Waals surface area contributed by atoms with E-state index in [9.17, 15) is 9.59 Å². The summed E-state index contributed by atoms with van der Waals surface area (Å²) in [4.78, 5) is 34.4. The lowest BCUT2D eigenvalue weighted by molar-refractivity contribution is 0.596. The van der Waals surface area contributed by atoms with Gasteiger partial charge in [-0.1, -0.05) is 0 Å². The molecule has 0 unspecified atom stereocenters. The molecule has 9 heteroatoms. The molecule has 2 heterocycles. The van der Waals surface area contributed by atoms with Crippen LogP contribution in [0.25, 0.3) is 0 Å². The molecule has 2 N–H and O–H groups in total. The molecule has 0 aliphatic heterocycles. The van der Waals surface area contributed by atoms with E-state index in [1.807, 2.05) is 6.92 Å². The second-order valence-electron chi connectivity index (χ2n) is 3.72. The van der Waals surface area contributed by atoms with Gasteiger partial charge in [-0.05, 0) is 24.8 Å². The fourth-order valence-corrected chi connectivity index (χ4v) is 2.21. The topological polar surface area (TPSA) is 106 Å². The molecule has 2 aromatic rings. The molecule has 0 spiro atoms. The van der Waals surface area contributed by atoms with Crippen LogP contribution >= 0.6 is 11.8 Å². The van der Waals surface area contributed by atoms with Gasteiger partial charge in [-0.3, -0.25) is 19.4 Å². The van der Waals surface area contributed by atoms with Crippen molar-refractivity contribution in [1.82, 2.24) is 24.7 Å². The van der Waals surface area contributed by atoms with E-state index in [4.69, 9.17) is 0 Å². The predicted octanol–water partition coefficient (Wildman–Crippen LogP) is -0.240. The zero-order chi connectivity index (χ0) is 14.0. The maximum atomic E-state index is 11.2. The van der Waals surface area contributed by atoms with Crippen LogP contribution < -0.4 is 16.4 Å². The number of hydrogen-bond acceptors (Lipinski definition) is 7. The van der Waals surface area contributed by atoms with Crippen LogP contribution in [0, 0.1) is 6.92 Å². The highest BCUT2D eigenvalue weighted by atomic mass is 32.2. The first-order valence-corrected chi connectivity index (χ1v) is 6.20. The molecule has 2 aromatic heterocycles. The number of anilines is 1. The van der Waals surface area contributed by atoms with Gasteiger partial charge in [-0.2, -0.15) is 4.98 Å². The maximum absolute atomic E-state index is 11.2. The van der Waals surface area contributed by atoms with Gasteiger partial charge < -0.3 is 5.32 Å². The van der Waals surface area contributed by atoms with Gasteiger partial charge in [0.05, 0.1) is 0 Å². The third-order valence-electron chi connectivity index (χ3n) is 2.20. The number of H-pyrrole nitrogens is 1. The Hall–Kier alpha value is -2.16. The molecule has 0 aliphatic rings. The lowest BCUT2D eigenvalue weighted by Crippen LogP contribution is -2.33. The van der Waals surface area contributed by atoms with Crippen molar-refractivity contribution in [2.45, 2.75) is 17.1 Å². The molecule has 2 rings (SSSR count). The number of aromatic nitrogens is 5. The van der Waals surface area contributed by atoms with Crippen molar-refractivity contribution in [2.75, 3.05) is 12.4 Å². The molecule has 0 bridgehead atoms. The molecule has 0 saturated heterocycles. The lowest BCUT2D eigenvalue weighted by Gasteiger charge is -2.07. The largest absolute Gasteiger partial charge is 0.357 e. The molecule has 0 amide bonds. The number of hydrogen-bond donors (Lipinski definition) is 2. The maximum Gasteiger partial charge on any atom is 0.339 e. The van der Waals surface area contributed by atoms with Crippen molar-refractivity contribution >= 4 is 17.7 Å². The van der Waals surface area contributed by atoms with E-state index < -0.39 is 11.1 Å². The number of aromatic amines is 1. The summed E-state index contributed by atoms with van der Waals surface area (Å²) < 4.78 is 1.38. The van der Waals surface area contributed by atoms with Crippen molar-refractivity contribution in [3.63, 3.8) is 0 Å². The average Bonchev–Trinajstić information content (AvgIpc) is 2.35. The SMILES string of the molecule is CNc1nc(C)cc(Sc2nc(=O)c(=O)[nH]n2C)n1. The van der Waals surface area contributed by atoms with E-state index in [0.717, 1.165) is 5.69 Å². The Morgan fingerprint density at radius 2 is 2.05 bits per heavy atom. The Labute approximate surface area is 112 Å². The molecule has 100 valence electrons. The van der Waals surface area contributed by atoms with Crippen LogP contribution in [0.15, 0.2) is 25.8 Å². The van der Waals surface area contributed by atoms with Crippen LogP contribution in [-0.4, -0.2) is 31.8 Å². The summed E-state index contributed by atoms with van der Waals surface area (Å²) >= 11 is 1.17. The fourth-order valence-electron chi connectivity index (χ4n) is 1.35. The number of rotatable bonds is 3. The molecular weight excluding hydrogens is 268 g/mol. The normalized spacial score (nSPS) is 10.5. The average molecular weight is 280 g/mol. The van der Waals surface area contributed by atoms with E-state index in [0.29, 0.717) is 16.1 Å². The predicted molar refractivity (Wildman–Crippen MR) is 70.5 cm³/mol. The third-order valence-corrected chi connectivity index (χ3v) is 3.16. The van der Waals surface area contributed by atoms with Gasteiger partial charge in [0.15, 0.2) is 5.16 Å². The van der Waals surface area contributed by atoms with Gasteiger partial charge >= 0.3 is 11.1 Å². The van der Waals surface area contributed by atoms with Gasteiger partial charge in [0, 0.05) is 19.8 Å². The summed E-state index contributed by atoms with van der Waals surface area (Å²) in [6.07, 6.45) is 0. The van der Waals surface area contributed by atoms with Crippen molar-refractivity contribution in [2.24, 2.45) is 7.05 Å². The van der Waals surface area contributed by atoms with Crippen LogP contribution in [-0.2, 0) is 7.05 Å². The monoisotopic (exact) mass is 280 g/mol. The lowest BCUT2D eigenvalue weighted by atomic mass is 10.5. The Bertz CT molecular complexity index is 723. The van der Waals surface area contributed by atoms with E-state index in [1.54, 1.807) is 20.2 Å². The first-order chi connectivity index (χ1) is 8.99. The highest BCUT2D eigenvalue weighted by Gasteiger charge is 2.08. The summed E-state index contributed by atoms with van der Waals surface area (Å²) in [5.41, 5.74) is -0.780. The zero-order valence-corrected chi connectivity index (χ0v) is 11.4. The quantitative estimate of drug-likeness (QED) is 0.590. The molecule has 0 radical (unpaired) electrons. The van der Waals surface area contributed by atoms with Crippen molar-refractivity contribution in [1.29, 1.82) is 0 Å². The highest BCUT2D eigenvalue weighted by Crippen LogP contribution is 2.23. The zero-order valence-electron chi connectivity index (χ0n) is 10.6. The first-order valence-electron chi connectivity index (χ1n) is 5.38. The number of nitrogens with zero attached hydrogens (tertiary/aromatic N) is 4. The van der Waals surface area contributed by atoms with E-state index in [1.165, 1.54) is 16.4 Å². The molecule has 8 nitrogen and oxygen atoms in total. The molecule has 0 aromatic carbocycles. The van der Waals surface area contributed by atoms with Gasteiger partial charge in [0.1, 0.15) is 5.03 Å². The minimum Gasteiger partial charge on any atom is -0.357 e. The first kappa shape index (κ1) is 13.3. The minimum absolute atomic E-state index is 0.352. The minimum atomic E-state index is -0.819. The third kappa shape index (κ3) is 2.99. The molecule has 0 aliphatic carbocycles. The fraction of sp³-hybridized carbons (Fsp3) is 0.300. The van der Waals surface area contributed by atoms with Crippen molar-refractivity contribution < 1.29 is 0 Å². The van der Waals surface area contributed by atoms with Crippen LogP contribution in [0.1, 0.15) is 5.69 Å². The van der Waals surface area contributed by atoms with Crippen LogP contribution in [0.4, 0.5) is 5.95 Å².